The maximum absolute atomic E-state index is 12.2. The van der Waals surface area contributed by atoms with Gasteiger partial charge in [0.05, 0.1) is 9.80 Å². The van der Waals surface area contributed by atoms with Gasteiger partial charge in [0.25, 0.3) is 5.69 Å². The molecule has 0 amide bonds. The second kappa shape index (κ2) is 6.55. The monoisotopic (exact) mass is 344 g/mol. The van der Waals surface area contributed by atoms with Gasteiger partial charge in [-0.25, -0.2) is 13.1 Å². The minimum absolute atomic E-state index is 0.0331. The summed E-state index contributed by atoms with van der Waals surface area (Å²) in [5.41, 5.74) is -0.171. The molecule has 0 bridgehead atoms. The zero-order chi connectivity index (χ0) is 16.3. The highest BCUT2D eigenvalue weighted by atomic mass is 32.2. The van der Waals surface area contributed by atoms with Crippen molar-refractivity contribution in [1.29, 1.82) is 0 Å². The molecule has 0 saturated carbocycles. The third kappa shape index (κ3) is 3.90. The van der Waals surface area contributed by atoms with Gasteiger partial charge in [0.15, 0.2) is 0 Å². The van der Waals surface area contributed by atoms with Gasteiger partial charge in [-0.15, -0.1) is 11.3 Å². The van der Waals surface area contributed by atoms with Crippen molar-refractivity contribution in [3.63, 3.8) is 0 Å². The Kier molecular flexibility index (Phi) is 4.94. The molecule has 0 fully saturated rings. The van der Waals surface area contributed by atoms with Gasteiger partial charge in [0, 0.05) is 31.5 Å². The lowest BCUT2D eigenvalue weighted by atomic mass is 10.2. The molecule has 0 radical (unpaired) electrons. The standard InChI is InChI=1S/C12H16N4O4S2/c1-9(8-15-5-3-4-13-15)7-14-22(19,20)12-6-11(16(17)18)10(2)21-12/h3-6,9,14H,7-8H2,1-2H3/t9-/m1/s1. The van der Waals surface area contributed by atoms with E-state index in [0.29, 0.717) is 11.4 Å². The highest BCUT2D eigenvalue weighted by Gasteiger charge is 2.24. The van der Waals surface area contributed by atoms with Crippen LogP contribution in [0.2, 0.25) is 0 Å². The highest BCUT2D eigenvalue weighted by Crippen LogP contribution is 2.31. The number of nitrogens with zero attached hydrogens (tertiary/aromatic N) is 3. The molecule has 0 unspecified atom stereocenters. The molecule has 120 valence electrons. The van der Waals surface area contributed by atoms with Gasteiger partial charge >= 0.3 is 0 Å². The van der Waals surface area contributed by atoms with E-state index in [2.05, 4.69) is 9.82 Å². The molecule has 2 heterocycles. The smallest absolute Gasteiger partial charge is 0.272 e. The molecular weight excluding hydrogens is 328 g/mol. The van der Waals surface area contributed by atoms with E-state index >= 15 is 0 Å². The van der Waals surface area contributed by atoms with Crippen LogP contribution in [0.25, 0.3) is 0 Å². The fraction of sp³-hybridized carbons (Fsp3) is 0.417. The van der Waals surface area contributed by atoms with Crippen LogP contribution >= 0.6 is 11.3 Å². The molecule has 2 aromatic rings. The van der Waals surface area contributed by atoms with E-state index in [4.69, 9.17) is 0 Å². The minimum atomic E-state index is -3.74. The van der Waals surface area contributed by atoms with Gasteiger partial charge in [-0.2, -0.15) is 5.10 Å². The van der Waals surface area contributed by atoms with Crippen molar-refractivity contribution >= 4 is 27.0 Å². The Balaban J connectivity index is 2.02. The Bertz CT molecular complexity index is 752. The summed E-state index contributed by atoms with van der Waals surface area (Å²) in [6.07, 6.45) is 3.46. The molecule has 22 heavy (non-hydrogen) atoms. The summed E-state index contributed by atoms with van der Waals surface area (Å²) < 4.78 is 28.5. The maximum atomic E-state index is 12.2. The molecule has 0 spiro atoms. The predicted molar refractivity (Wildman–Crippen MR) is 82.3 cm³/mol. The van der Waals surface area contributed by atoms with Crippen LogP contribution in [0.15, 0.2) is 28.7 Å². The third-order valence-corrected chi connectivity index (χ3v) is 5.95. The summed E-state index contributed by atoms with van der Waals surface area (Å²) in [5, 5.41) is 14.9. The molecule has 1 atom stereocenters. The topological polar surface area (TPSA) is 107 Å². The van der Waals surface area contributed by atoms with Gasteiger partial charge < -0.3 is 0 Å². The van der Waals surface area contributed by atoms with Crippen molar-refractivity contribution < 1.29 is 13.3 Å². The zero-order valence-electron chi connectivity index (χ0n) is 12.1. The molecule has 0 saturated heterocycles. The second-order valence-corrected chi connectivity index (χ2v) is 8.20. The number of nitrogens with one attached hydrogen (secondary N) is 1. The molecule has 2 aromatic heterocycles. The van der Waals surface area contributed by atoms with E-state index < -0.39 is 14.9 Å². The van der Waals surface area contributed by atoms with Crippen molar-refractivity contribution in [1.82, 2.24) is 14.5 Å². The number of thiophene rings is 1. The number of hydrogen-bond donors (Lipinski definition) is 1. The Morgan fingerprint density at radius 3 is 2.82 bits per heavy atom. The van der Waals surface area contributed by atoms with Gasteiger partial charge in [0.1, 0.15) is 4.21 Å². The van der Waals surface area contributed by atoms with Gasteiger partial charge in [-0.1, -0.05) is 6.92 Å². The average molecular weight is 344 g/mol. The average Bonchev–Trinajstić information content (AvgIpc) is 3.06. The number of rotatable bonds is 7. The Labute approximate surface area is 132 Å². The van der Waals surface area contributed by atoms with Crippen LogP contribution in [0.1, 0.15) is 11.8 Å². The van der Waals surface area contributed by atoms with Crippen molar-refractivity contribution in [2.24, 2.45) is 5.92 Å². The van der Waals surface area contributed by atoms with E-state index in [1.54, 1.807) is 23.1 Å². The lowest BCUT2D eigenvalue weighted by molar-refractivity contribution is -0.385. The number of aromatic nitrogens is 2. The van der Waals surface area contributed by atoms with E-state index in [1.165, 1.54) is 6.92 Å². The molecule has 2 rings (SSSR count). The molecule has 0 aliphatic rings. The third-order valence-electron chi connectivity index (χ3n) is 3.01. The Morgan fingerprint density at radius 2 is 2.27 bits per heavy atom. The van der Waals surface area contributed by atoms with Crippen LogP contribution in [0.4, 0.5) is 5.69 Å². The molecule has 8 nitrogen and oxygen atoms in total. The maximum Gasteiger partial charge on any atom is 0.284 e. The first-order valence-electron chi connectivity index (χ1n) is 6.51. The summed E-state index contributed by atoms with van der Waals surface area (Å²) >= 11 is 0.897. The number of sulfonamides is 1. The first-order chi connectivity index (χ1) is 10.3. The SMILES string of the molecule is Cc1sc(S(=O)(=O)NC[C@@H](C)Cn2cccn2)cc1[N+](=O)[O-]. The van der Waals surface area contributed by atoms with Crippen LogP contribution < -0.4 is 4.72 Å². The fourth-order valence-corrected chi connectivity index (χ4v) is 4.49. The summed E-state index contributed by atoms with van der Waals surface area (Å²) in [6, 6.07) is 2.89. The lowest BCUT2D eigenvalue weighted by Crippen LogP contribution is -2.29. The van der Waals surface area contributed by atoms with Crippen LogP contribution in [0.3, 0.4) is 0 Å². The Morgan fingerprint density at radius 1 is 1.55 bits per heavy atom. The summed E-state index contributed by atoms with van der Waals surface area (Å²) in [7, 11) is -3.74. The molecule has 10 heteroatoms. The normalized spacial score (nSPS) is 13.2. The van der Waals surface area contributed by atoms with E-state index in [-0.39, 0.29) is 22.4 Å². The molecule has 0 aliphatic heterocycles. The van der Waals surface area contributed by atoms with E-state index in [1.807, 2.05) is 6.92 Å². The first-order valence-corrected chi connectivity index (χ1v) is 8.81. The van der Waals surface area contributed by atoms with Gasteiger partial charge in [-0.05, 0) is 18.9 Å². The van der Waals surface area contributed by atoms with Crippen LogP contribution in [0, 0.1) is 23.0 Å². The molecule has 0 aromatic carbocycles. The minimum Gasteiger partial charge on any atom is -0.272 e. The predicted octanol–water partition coefficient (Wildman–Crippen LogP) is 1.78. The first kappa shape index (κ1) is 16.6. The van der Waals surface area contributed by atoms with Crippen molar-refractivity contribution in [3.05, 3.63) is 39.5 Å². The van der Waals surface area contributed by atoms with E-state index in [0.717, 1.165) is 17.4 Å². The van der Waals surface area contributed by atoms with Gasteiger partial charge in [0.2, 0.25) is 10.0 Å². The quantitative estimate of drug-likeness (QED) is 0.608. The zero-order valence-corrected chi connectivity index (χ0v) is 13.7. The largest absolute Gasteiger partial charge is 0.284 e. The second-order valence-electron chi connectivity index (χ2n) is 4.95. The van der Waals surface area contributed by atoms with Crippen LogP contribution in [0.5, 0.6) is 0 Å². The Hall–Kier alpha value is -1.78. The summed E-state index contributed by atoms with van der Waals surface area (Å²) in [5.74, 6) is 0.0331. The molecular formula is C12H16N4O4S2. The fourth-order valence-electron chi connectivity index (χ4n) is 1.88. The van der Waals surface area contributed by atoms with Crippen molar-refractivity contribution in [2.45, 2.75) is 24.6 Å². The summed E-state index contributed by atoms with van der Waals surface area (Å²) in [6.45, 7) is 4.24. The van der Waals surface area contributed by atoms with Crippen LogP contribution in [-0.2, 0) is 16.6 Å². The van der Waals surface area contributed by atoms with Crippen molar-refractivity contribution in [2.75, 3.05) is 6.54 Å². The molecule has 1 N–H and O–H groups in total. The summed E-state index contributed by atoms with van der Waals surface area (Å²) in [4.78, 5) is 10.6. The number of hydrogen-bond acceptors (Lipinski definition) is 6. The number of nitro groups is 1. The van der Waals surface area contributed by atoms with E-state index in [9.17, 15) is 18.5 Å². The van der Waals surface area contributed by atoms with Crippen molar-refractivity contribution in [3.8, 4) is 0 Å². The molecule has 0 aliphatic carbocycles. The lowest BCUT2D eigenvalue weighted by Gasteiger charge is -2.12. The number of aryl methyl sites for hydroxylation is 1. The highest BCUT2D eigenvalue weighted by molar-refractivity contribution is 7.91. The van der Waals surface area contributed by atoms with Crippen LogP contribution in [-0.4, -0.2) is 29.7 Å². The van der Waals surface area contributed by atoms with Gasteiger partial charge in [-0.3, -0.25) is 14.8 Å².